The maximum absolute atomic E-state index is 12.5. The lowest BCUT2D eigenvalue weighted by Gasteiger charge is -2.17. The summed E-state index contributed by atoms with van der Waals surface area (Å²) in [5.41, 5.74) is 1.63. The van der Waals surface area contributed by atoms with Crippen molar-refractivity contribution in [2.24, 2.45) is 0 Å². The summed E-state index contributed by atoms with van der Waals surface area (Å²) in [5.74, 6) is 1.43. The van der Waals surface area contributed by atoms with Gasteiger partial charge in [0.15, 0.2) is 17.3 Å². The van der Waals surface area contributed by atoms with Gasteiger partial charge >= 0.3 is 0 Å². The molecular formula is C21H23NO4. The molecule has 0 saturated heterocycles. The van der Waals surface area contributed by atoms with Gasteiger partial charge in [-0.1, -0.05) is 24.3 Å². The summed E-state index contributed by atoms with van der Waals surface area (Å²) in [7, 11) is 0. The second-order valence-electron chi connectivity index (χ2n) is 5.92. The van der Waals surface area contributed by atoms with Gasteiger partial charge in [-0.3, -0.25) is 4.79 Å². The lowest BCUT2D eigenvalue weighted by molar-refractivity contribution is 0.0914. The minimum atomic E-state index is -0.249. The summed E-state index contributed by atoms with van der Waals surface area (Å²) in [6.07, 6.45) is 0. The fourth-order valence-electron chi connectivity index (χ4n) is 2.78. The Balaban J connectivity index is 1.77. The molecule has 0 aliphatic rings. The van der Waals surface area contributed by atoms with E-state index in [1.165, 1.54) is 0 Å². The zero-order valence-electron chi connectivity index (χ0n) is 15.2. The van der Waals surface area contributed by atoms with Crippen LogP contribution < -0.4 is 14.8 Å². The van der Waals surface area contributed by atoms with E-state index in [0.717, 1.165) is 10.9 Å². The molecule has 5 nitrogen and oxygen atoms in total. The first-order valence-corrected chi connectivity index (χ1v) is 8.81. The molecule has 26 heavy (non-hydrogen) atoms. The molecule has 0 spiro atoms. The fourth-order valence-corrected chi connectivity index (χ4v) is 2.78. The smallest absolute Gasteiger partial charge is 0.287 e. The number of benzene rings is 2. The van der Waals surface area contributed by atoms with Gasteiger partial charge in [-0.25, -0.2) is 0 Å². The Morgan fingerprint density at radius 2 is 1.77 bits per heavy atom. The van der Waals surface area contributed by atoms with E-state index >= 15 is 0 Å². The monoisotopic (exact) mass is 353 g/mol. The maximum atomic E-state index is 12.5. The van der Waals surface area contributed by atoms with Crippen molar-refractivity contribution in [2.75, 3.05) is 13.2 Å². The lowest BCUT2D eigenvalue weighted by atomic mass is 10.1. The van der Waals surface area contributed by atoms with Crippen LogP contribution in [0.15, 0.2) is 52.9 Å². The standard InChI is InChI=1S/C21H23NO4/c1-4-24-18-11-10-15(12-19(18)25-5-2)14(3)22-21(23)20-13-16-8-6-7-9-17(16)26-20/h6-14H,4-5H2,1-3H3,(H,22,23). The fraction of sp³-hybridized carbons (Fsp3) is 0.286. The Kier molecular flexibility index (Phi) is 5.46. The molecule has 0 aliphatic carbocycles. The molecule has 0 aliphatic heterocycles. The minimum absolute atomic E-state index is 0.203. The number of amides is 1. The van der Waals surface area contributed by atoms with Gasteiger partial charge in [0, 0.05) is 5.39 Å². The molecule has 3 aromatic rings. The van der Waals surface area contributed by atoms with E-state index in [1.54, 1.807) is 6.07 Å². The average molecular weight is 353 g/mol. The largest absolute Gasteiger partial charge is 0.490 e. The van der Waals surface area contributed by atoms with Crippen LogP contribution in [0, 0.1) is 0 Å². The van der Waals surface area contributed by atoms with E-state index in [2.05, 4.69) is 5.32 Å². The van der Waals surface area contributed by atoms with Crippen LogP contribution in [0.2, 0.25) is 0 Å². The zero-order chi connectivity index (χ0) is 18.5. The van der Waals surface area contributed by atoms with Crippen molar-refractivity contribution in [3.8, 4) is 11.5 Å². The Morgan fingerprint density at radius 1 is 1.04 bits per heavy atom. The SMILES string of the molecule is CCOc1ccc(C(C)NC(=O)c2cc3ccccc3o2)cc1OCC. The van der Waals surface area contributed by atoms with E-state index in [4.69, 9.17) is 13.9 Å². The van der Waals surface area contributed by atoms with Gasteiger partial charge in [0.25, 0.3) is 5.91 Å². The highest BCUT2D eigenvalue weighted by atomic mass is 16.5. The van der Waals surface area contributed by atoms with Crippen molar-refractivity contribution in [1.29, 1.82) is 0 Å². The first-order valence-electron chi connectivity index (χ1n) is 8.81. The number of carbonyl (C=O) groups is 1. The zero-order valence-corrected chi connectivity index (χ0v) is 15.2. The Morgan fingerprint density at radius 3 is 2.50 bits per heavy atom. The number of rotatable bonds is 7. The predicted octanol–water partition coefficient (Wildman–Crippen LogP) is 4.72. The van der Waals surface area contributed by atoms with Crippen molar-refractivity contribution < 1.29 is 18.7 Å². The number of furan rings is 1. The molecule has 1 N–H and O–H groups in total. The summed E-state index contributed by atoms with van der Waals surface area (Å²) >= 11 is 0. The molecule has 0 saturated carbocycles. The molecule has 0 bridgehead atoms. The number of carbonyl (C=O) groups excluding carboxylic acids is 1. The minimum Gasteiger partial charge on any atom is -0.490 e. The third-order valence-corrected chi connectivity index (χ3v) is 4.06. The van der Waals surface area contributed by atoms with Gasteiger partial charge in [-0.15, -0.1) is 0 Å². The highest BCUT2D eigenvalue weighted by molar-refractivity contribution is 5.96. The van der Waals surface area contributed by atoms with Crippen molar-refractivity contribution >= 4 is 16.9 Å². The number of fused-ring (bicyclic) bond motifs is 1. The molecular weight excluding hydrogens is 330 g/mol. The molecule has 5 heteroatoms. The highest BCUT2D eigenvalue weighted by Gasteiger charge is 2.17. The lowest BCUT2D eigenvalue weighted by Crippen LogP contribution is -2.26. The van der Waals surface area contributed by atoms with Crippen LogP contribution in [0.25, 0.3) is 11.0 Å². The molecule has 136 valence electrons. The van der Waals surface area contributed by atoms with Crippen molar-refractivity contribution in [3.05, 3.63) is 59.9 Å². The first kappa shape index (κ1) is 17.9. The summed E-state index contributed by atoms with van der Waals surface area (Å²) in [6.45, 7) is 6.89. The molecule has 2 aromatic carbocycles. The van der Waals surface area contributed by atoms with Crippen molar-refractivity contribution in [3.63, 3.8) is 0 Å². The number of nitrogens with one attached hydrogen (secondary N) is 1. The molecule has 0 fully saturated rings. The summed E-state index contributed by atoms with van der Waals surface area (Å²) in [4.78, 5) is 12.5. The second-order valence-corrected chi connectivity index (χ2v) is 5.92. The van der Waals surface area contributed by atoms with Gasteiger partial charge in [-0.2, -0.15) is 0 Å². The molecule has 1 heterocycles. The number of para-hydroxylation sites is 1. The van der Waals surface area contributed by atoms with Crippen molar-refractivity contribution in [1.82, 2.24) is 5.32 Å². The Labute approximate surface area is 152 Å². The van der Waals surface area contributed by atoms with Crippen LogP contribution in [-0.4, -0.2) is 19.1 Å². The third-order valence-electron chi connectivity index (χ3n) is 4.06. The molecule has 3 rings (SSSR count). The van der Waals surface area contributed by atoms with Gasteiger partial charge in [-0.05, 0) is 50.6 Å². The summed E-state index contributed by atoms with van der Waals surface area (Å²) < 4.78 is 16.9. The van der Waals surface area contributed by atoms with E-state index in [-0.39, 0.29) is 11.9 Å². The number of hydrogen-bond donors (Lipinski definition) is 1. The molecule has 1 atom stereocenters. The summed E-state index contributed by atoms with van der Waals surface area (Å²) in [6, 6.07) is 14.8. The molecule has 1 unspecified atom stereocenters. The Hall–Kier alpha value is -2.95. The van der Waals surface area contributed by atoms with E-state index in [0.29, 0.717) is 36.1 Å². The van der Waals surface area contributed by atoms with Gasteiger partial charge in [0.2, 0.25) is 0 Å². The first-order chi connectivity index (χ1) is 12.6. The summed E-state index contributed by atoms with van der Waals surface area (Å²) in [5, 5.41) is 3.87. The third kappa shape index (κ3) is 3.82. The maximum Gasteiger partial charge on any atom is 0.287 e. The topological polar surface area (TPSA) is 60.7 Å². The average Bonchev–Trinajstić information content (AvgIpc) is 3.08. The molecule has 0 radical (unpaired) electrons. The van der Waals surface area contributed by atoms with Crippen molar-refractivity contribution in [2.45, 2.75) is 26.8 Å². The quantitative estimate of drug-likeness (QED) is 0.667. The predicted molar refractivity (Wildman–Crippen MR) is 101 cm³/mol. The van der Waals surface area contributed by atoms with Crippen LogP contribution in [0.3, 0.4) is 0 Å². The van der Waals surface area contributed by atoms with E-state index < -0.39 is 0 Å². The second kappa shape index (κ2) is 7.95. The number of ether oxygens (including phenoxy) is 2. The van der Waals surface area contributed by atoms with Gasteiger partial charge in [0.05, 0.1) is 19.3 Å². The Bertz CT molecular complexity index is 867. The van der Waals surface area contributed by atoms with E-state index in [9.17, 15) is 4.79 Å². The van der Waals surface area contributed by atoms with Crippen LogP contribution in [-0.2, 0) is 0 Å². The molecule has 1 aromatic heterocycles. The van der Waals surface area contributed by atoms with Crippen LogP contribution in [0.1, 0.15) is 42.9 Å². The van der Waals surface area contributed by atoms with Crippen LogP contribution in [0.5, 0.6) is 11.5 Å². The van der Waals surface area contributed by atoms with Gasteiger partial charge in [0.1, 0.15) is 5.58 Å². The van der Waals surface area contributed by atoms with Crippen LogP contribution >= 0.6 is 0 Å². The highest BCUT2D eigenvalue weighted by Crippen LogP contribution is 2.31. The number of hydrogen-bond acceptors (Lipinski definition) is 4. The van der Waals surface area contributed by atoms with Crippen LogP contribution in [0.4, 0.5) is 0 Å². The molecule has 1 amide bonds. The normalized spacial score (nSPS) is 12.0. The van der Waals surface area contributed by atoms with E-state index in [1.807, 2.05) is 63.2 Å². The van der Waals surface area contributed by atoms with Gasteiger partial charge < -0.3 is 19.2 Å².